The Morgan fingerprint density at radius 3 is 2.65 bits per heavy atom. The lowest BCUT2D eigenvalue weighted by atomic mass is 10.1. The lowest BCUT2D eigenvalue weighted by Crippen LogP contribution is -2.30. The summed E-state index contributed by atoms with van der Waals surface area (Å²) in [5.41, 5.74) is 8.01. The van der Waals surface area contributed by atoms with Crippen LogP contribution in [0.15, 0.2) is 18.2 Å². The van der Waals surface area contributed by atoms with Crippen molar-refractivity contribution in [1.29, 1.82) is 0 Å². The molecule has 92 valence electrons. The summed E-state index contributed by atoms with van der Waals surface area (Å²) in [6, 6.07) is 5.70. The molecule has 0 aliphatic carbocycles. The number of rotatable bonds is 2. The monoisotopic (exact) mass is 233 g/mol. The summed E-state index contributed by atoms with van der Waals surface area (Å²) in [5, 5.41) is 2.61. The van der Waals surface area contributed by atoms with Crippen molar-refractivity contribution in [3.63, 3.8) is 0 Å². The molecular formula is C13H19N3O. The van der Waals surface area contributed by atoms with Gasteiger partial charge in [0.15, 0.2) is 0 Å². The van der Waals surface area contributed by atoms with Gasteiger partial charge in [-0.1, -0.05) is 0 Å². The summed E-state index contributed by atoms with van der Waals surface area (Å²) < 4.78 is 0. The van der Waals surface area contributed by atoms with E-state index in [1.165, 1.54) is 19.3 Å². The molecule has 0 aromatic heterocycles. The van der Waals surface area contributed by atoms with E-state index < -0.39 is 0 Å². The van der Waals surface area contributed by atoms with Crippen molar-refractivity contribution in [2.75, 3.05) is 30.8 Å². The van der Waals surface area contributed by atoms with E-state index in [0.29, 0.717) is 11.3 Å². The highest BCUT2D eigenvalue weighted by Crippen LogP contribution is 2.24. The Kier molecular flexibility index (Phi) is 3.52. The van der Waals surface area contributed by atoms with Gasteiger partial charge in [-0.25, -0.2) is 0 Å². The minimum absolute atomic E-state index is 0.124. The Morgan fingerprint density at radius 2 is 2.00 bits per heavy atom. The SMILES string of the molecule is CNC(=O)c1cc(N2CCCCC2)ccc1N. The fraction of sp³-hybridized carbons (Fsp3) is 0.462. The maximum atomic E-state index is 11.7. The van der Waals surface area contributed by atoms with Crippen LogP contribution in [-0.2, 0) is 0 Å². The van der Waals surface area contributed by atoms with Gasteiger partial charge in [0, 0.05) is 31.5 Å². The van der Waals surface area contributed by atoms with E-state index in [1.54, 1.807) is 7.05 Å². The van der Waals surface area contributed by atoms with Gasteiger partial charge in [-0.15, -0.1) is 0 Å². The van der Waals surface area contributed by atoms with Crippen LogP contribution in [0, 0.1) is 0 Å². The molecule has 0 spiro atoms. The van der Waals surface area contributed by atoms with E-state index in [-0.39, 0.29) is 5.91 Å². The van der Waals surface area contributed by atoms with Crippen LogP contribution in [0.5, 0.6) is 0 Å². The van der Waals surface area contributed by atoms with Crippen LogP contribution in [0.25, 0.3) is 0 Å². The first-order chi connectivity index (χ1) is 8.22. The lowest BCUT2D eigenvalue weighted by molar-refractivity contribution is 0.0964. The number of benzene rings is 1. The average Bonchev–Trinajstić information content (AvgIpc) is 2.39. The molecule has 1 saturated heterocycles. The van der Waals surface area contributed by atoms with Crippen LogP contribution < -0.4 is 16.0 Å². The van der Waals surface area contributed by atoms with Crippen LogP contribution in [0.1, 0.15) is 29.6 Å². The summed E-state index contributed by atoms with van der Waals surface area (Å²) in [4.78, 5) is 14.0. The number of nitrogen functional groups attached to an aromatic ring is 1. The minimum atomic E-state index is -0.124. The van der Waals surface area contributed by atoms with Crippen molar-refractivity contribution in [3.05, 3.63) is 23.8 Å². The minimum Gasteiger partial charge on any atom is -0.398 e. The van der Waals surface area contributed by atoms with E-state index in [9.17, 15) is 4.79 Å². The molecule has 17 heavy (non-hydrogen) atoms. The fourth-order valence-corrected chi connectivity index (χ4v) is 2.22. The van der Waals surface area contributed by atoms with Gasteiger partial charge in [-0.3, -0.25) is 4.79 Å². The van der Waals surface area contributed by atoms with Gasteiger partial charge in [-0.05, 0) is 37.5 Å². The second kappa shape index (κ2) is 5.08. The van der Waals surface area contributed by atoms with Crippen molar-refractivity contribution in [1.82, 2.24) is 5.32 Å². The Bertz CT molecular complexity index is 411. The van der Waals surface area contributed by atoms with Crippen LogP contribution in [0.2, 0.25) is 0 Å². The number of hydrogen-bond donors (Lipinski definition) is 2. The highest BCUT2D eigenvalue weighted by Gasteiger charge is 2.14. The largest absolute Gasteiger partial charge is 0.398 e. The number of hydrogen-bond acceptors (Lipinski definition) is 3. The molecule has 4 heteroatoms. The molecule has 0 atom stereocenters. The van der Waals surface area contributed by atoms with Crippen LogP contribution in [-0.4, -0.2) is 26.0 Å². The average molecular weight is 233 g/mol. The topological polar surface area (TPSA) is 58.4 Å². The second-order valence-electron chi connectivity index (χ2n) is 4.40. The number of carbonyl (C=O) groups is 1. The lowest BCUT2D eigenvalue weighted by Gasteiger charge is -2.29. The van der Waals surface area contributed by atoms with E-state index >= 15 is 0 Å². The fourth-order valence-electron chi connectivity index (χ4n) is 2.22. The molecular weight excluding hydrogens is 214 g/mol. The maximum Gasteiger partial charge on any atom is 0.253 e. The first-order valence-electron chi connectivity index (χ1n) is 6.09. The molecule has 1 fully saturated rings. The number of nitrogens with two attached hydrogens (primary N) is 1. The van der Waals surface area contributed by atoms with E-state index in [1.807, 2.05) is 18.2 Å². The number of piperidine rings is 1. The summed E-state index contributed by atoms with van der Waals surface area (Å²) >= 11 is 0. The van der Waals surface area contributed by atoms with Gasteiger partial charge in [-0.2, -0.15) is 0 Å². The number of amides is 1. The molecule has 2 rings (SSSR count). The molecule has 0 radical (unpaired) electrons. The molecule has 3 N–H and O–H groups in total. The van der Waals surface area contributed by atoms with E-state index in [4.69, 9.17) is 5.73 Å². The van der Waals surface area contributed by atoms with Crippen molar-refractivity contribution >= 4 is 17.3 Å². The molecule has 1 aromatic carbocycles. The quantitative estimate of drug-likeness (QED) is 0.763. The highest BCUT2D eigenvalue weighted by atomic mass is 16.1. The summed E-state index contributed by atoms with van der Waals surface area (Å²) in [7, 11) is 1.62. The van der Waals surface area contributed by atoms with Gasteiger partial charge in [0.05, 0.1) is 5.56 Å². The van der Waals surface area contributed by atoms with E-state index in [2.05, 4.69) is 10.2 Å². The zero-order chi connectivity index (χ0) is 12.3. The van der Waals surface area contributed by atoms with Gasteiger partial charge in [0.2, 0.25) is 0 Å². The van der Waals surface area contributed by atoms with E-state index in [0.717, 1.165) is 18.8 Å². The second-order valence-corrected chi connectivity index (χ2v) is 4.40. The zero-order valence-corrected chi connectivity index (χ0v) is 10.2. The van der Waals surface area contributed by atoms with Gasteiger partial charge in [0.25, 0.3) is 5.91 Å². The molecule has 0 unspecified atom stereocenters. The van der Waals surface area contributed by atoms with Crippen LogP contribution in [0.4, 0.5) is 11.4 Å². The summed E-state index contributed by atoms with van der Waals surface area (Å²) in [6.45, 7) is 2.13. The van der Waals surface area contributed by atoms with Gasteiger partial charge >= 0.3 is 0 Å². The Morgan fingerprint density at radius 1 is 1.29 bits per heavy atom. The number of nitrogens with zero attached hydrogens (tertiary/aromatic N) is 1. The molecule has 0 saturated carbocycles. The molecule has 1 aliphatic rings. The summed E-state index contributed by atoms with van der Waals surface area (Å²) in [5.74, 6) is -0.124. The molecule has 0 bridgehead atoms. The third-order valence-corrected chi connectivity index (χ3v) is 3.23. The normalized spacial score (nSPS) is 15.7. The number of carbonyl (C=O) groups excluding carboxylic acids is 1. The van der Waals surface area contributed by atoms with Crippen molar-refractivity contribution in [2.24, 2.45) is 0 Å². The number of nitrogens with one attached hydrogen (secondary N) is 1. The van der Waals surface area contributed by atoms with Crippen molar-refractivity contribution in [2.45, 2.75) is 19.3 Å². The van der Waals surface area contributed by atoms with Gasteiger partial charge in [0.1, 0.15) is 0 Å². The standard InChI is InChI=1S/C13H19N3O/c1-15-13(17)11-9-10(5-6-12(11)14)16-7-3-2-4-8-16/h5-6,9H,2-4,7-8,14H2,1H3,(H,15,17). The molecule has 1 heterocycles. The molecule has 4 nitrogen and oxygen atoms in total. The highest BCUT2D eigenvalue weighted by molar-refractivity contribution is 5.99. The van der Waals surface area contributed by atoms with Crippen molar-refractivity contribution < 1.29 is 4.79 Å². The summed E-state index contributed by atoms with van der Waals surface area (Å²) in [6.07, 6.45) is 3.74. The Labute approximate surface area is 102 Å². The predicted molar refractivity (Wildman–Crippen MR) is 70.3 cm³/mol. The molecule has 1 aliphatic heterocycles. The Hall–Kier alpha value is -1.71. The maximum absolute atomic E-state index is 11.7. The third kappa shape index (κ3) is 2.52. The third-order valence-electron chi connectivity index (χ3n) is 3.23. The number of anilines is 2. The zero-order valence-electron chi connectivity index (χ0n) is 10.2. The van der Waals surface area contributed by atoms with Gasteiger partial charge < -0.3 is 16.0 Å². The van der Waals surface area contributed by atoms with Crippen LogP contribution in [0.3, 0.4) is 0 Å². The smallest absolute Gasteiger partial charge is 0.253 e. The predicted octanol–water partition coefficient (Wildman–Crippen LogP) is 1.62. The molecule has 1 aromatic rings. The molecule has 1 amide bonds. The first-order valence-corrected chi connectivity index (χ1v) is 6.09. The Balaban J connectivity index is 2.26. The van der Waals surface area contributed by atoms with Crippen molar-refractivity contribution in [3.8, 4) is 0 Å². The van der Waals surface area contributed by atoms with Crippen LogP contribution >= 0.6 is 0 Å². The first kappa shape index (κ1) is 11.8.